The van der Waals surface area contributed by atoms with Crippen molar-refractivity contribution in [1.82, 2.24) is 5.32 Å². The van der Waals surface area contributed by atoms with Crippen molar-refractivity contribution < 1.29 is 9.59 Å². The van der Waals surface area contributed by atoms with Crippen LogP contribution in [0.2, 0.25) is 0 Å². The quantitative estimate of drug-likeness (QED) is 0.601. The van der Waals surface area contributed by atoms with E-state index < -0.39 is 0 Å². The highest BCUT2D eigenvalue weighted by molar-refractivity contribution is 7.99. The minimum Gasteiger partial charge on any atom is -0.337 e. The number of fused-ring (bicyclic) bond motifs is 2. The number of urea groups is 1. The van der Waals surface area contributed by atoms with Gasteiger partial charge in [-0.25, -0.2) is 4.79 Å². The smallest absolute Gasteiger partial charge is 0.319 e. The van der Waals surface area contributed by atoms with E-state index in [1.54, 1.807) is 23.7 Å². The van der Waals surface area contributed by atoms with Crippen LogP contribution in [0, 0.1) is 0 Å². The standard InChI is InChI=1S/C24H23N3O2S/c1-16(17-8-4-3-5-9-17)15-25-24(29)26-18-12-13-22-20(14-18)27(2)23(28)19-10-6-7-11-21(19)30-22/h3-14,16H,15H2,1-2H3,(H2,25,26,29). The summed E-state index contributed by atoms with van der Waals surface area (Å²) in [6.45, 7) is 2.61. The molecule has 1 aliphatic rings. The monoisotopic (exact) mass is 417 g/mol. The molecule has 152 valence electrons. The molecule has 0 aromatic heterocycles. The number of nitrogens with one attached hydrogen (secondary N) is 2. The lowest BCUT2D eigenvalue weighted by atomic mass is 10.0. The summed E-state index contributed by atoms with van der Waals surface area (Å²) in [5.41, 5.74) is 3.28. The Hall–Kier alpha value is -3.25. The van der Waals surface area contributed by atoms with Crippen molar-refractivity contribution in [1.29, 1.82) is 0 Å². The first kappa shape index (κ1) is 20.0. The molecular weight excluding hydrogens is 394 g/mol. The first-order chi connectivity index (χ1) is 14.5. The van der Waals surface area contributed by atoms with Gasteiger partial charge in [0.15, 0.2) is 0 Å². The Morgan fingerprint density at radius 3 is 2.53 bits per heavy atom. The van der Waals surface area contributed by atoms with Crippen molar-refractivity contribution in [2.24, 2.45) is 0 Å². The van der Waals surface area contributed by atoms with Gasteiger partial charge in [-0.15, -0.1) is 0 Å². The van der Waals surface area contributed by atoms with Gasteiger partial charge in [0, 0.05) is 29.1 Å². The second-order valence-electron chi connectivity index (χ2n) is 7.29. The van der Waals surface area contributed by atoms with Crippen molar-refractivity contribution in [3.8, 4) is 0 Å². The van der Waals surface area contributed by atoms with Crippen LogP contribution in [0.5, 0.6) is 0 Å². The van der Waals surface area contributed by atoms with Gasteiger partial charge in [-0.1, -0.05) is 61.2 Å². The molecule has 0 aliphatic carbocycles. The highest BCUT2D eigenvalue weighted by Crippen LogP contribution is 2.41. The van der Waals surface area contributed by atoms with Gasteiger partial charge in [0.1, 0.15) is 0 Å². The molecule has 4 rings (SSSR count). The highest BCUT2D eigenvalue weighted by atomic mass is 32.2. The number of hydrogen-bond donors (Lipinski definition) is 2. The number of anilines is 2. The fraction of sp³-hybridized carbons (Fsp3) is 0.167. The number of carbonyl (C=O) groups excluding carboxylic acids is 2. The molecule has 1 unspecified atom stereocenters. The molecule has 6 heteroatoms. The molecule has 1 aliphatic heterocycles. The van der Waals surface area contributed by atoms with E-state index in [4.69, 9.17) is 0 Å². The first-order valence-electron chi connectivity index (χ1n) is 9.81. The van der Waals surface area contributed by atoms with Gasteiger partial charge >= 0.3 is 6.03 Å². The van der Waals surface area contributed by atoms with Crippen molar-refractivity contribution in [3.63, 3.8) is 0 Å². The largest absolute Gasteiger partial charge is 0.337 e. The molecule has 0 saturated heterocycles. The summed E-state index contributed by atoms with van der Waals surface area (Å²) in [5.74, 6) is 0.151. The van der Waals surface area contributed by atoms with Crippen LogP contribution in [0.3, 0.4) is 0 Å². The van der Waals surface area contributed by atoms with Crippen molar-refractivity contribution in [2.75, 3.05) is 23.8 Å². The number of amides is 3. The highest BCUT2D eigenvalue weighted by Gasteiger charge is 2.24. The summed E-state index contributed by atoms with van der Waals surface area (Å²) in [6, 6.07) is 23.0. The Labute approximate surface area is 180 Å². The van der Waals surface area contributed by atoms with Crippen molar-refractivity contribution >= 4 is 35.1 Å². The van der Waals surface area contributed by atoms with E-state index in [9.17, 15) is 9.59 Å². The number of hydrogen-bond acceptors (Lipinski definition) is 3. The number of carbonyl (C=O) groups is 2. The fourth-order valence-electron chi connectivity index (χ4n) is 3.40. The topological polar surface area (TPSA) is 61.4 Å². The number of rotatable bonds is 4. The van der Waals surface area contributed by atoms with Gasteiger partial charge in [-0.2, -0.15) is 0 Å². The zero-order valence-corrected chi connectivity index (χ0v) is 17.7. The van der Waals surface area contributed by atoms with Crippen LogP contribution < -0.4 is 15.5 Å². The van der Waals surface area contributed by atoms with E-state index in [1.807, 2.05) is 60.7 Å². The van der Waals surface area contributed by atoms with Gasteiger partial charge in [0.25, 0.3) is 5.91 Å². The molecule has 30 heavy (non-hydrogen) atoms. The Kier molecular flexibility index (Phi) is 5.77. The van der Waals surface area contributed by atoms with Crippen molar-refractivity contribution in [2.45, 2.75) is 22.6 Å². The van der Waals surface area contributed by atoms with Crippen LogP contribution in [-0.4, -0.2) is 25.5 Å². The number of benzene rings is 3. The van der Waals surface area contributed by atoms with Gasteiger partial charge < -0.3 is 15.5 Å². The van der Waals surface area contributed by atoms with E-state index in [1.165, 1.54) is 5.56 Å². The molecule has 0 bridgehead atoms. The van der Waals surface area contributed by atoms with Crippen LogP contribution in [0.4, 0.5) is 16.2 Å². The van der Waals surface area contributed by atoms with Gasteiger partial charge in [-0.05, 0) is 41.8 Å². The van der Waals surface area contributed by atoms with Crippen LogP contribution in [0.1, 0.15) is 28.8 Å². The van der Waals surface area contributed by atoms with E-state index in [0.29, 0.717) is 17.8 Å². The third kappa shape index (κ3) is 4.19. The fourth-order valence-corrected chi connectivity index (χ4v) is 4.49. The molecule has 0 spiro atoms. The lowest BCUT2D eigenvalue weighted by Gasteiger charge is -2.19. The van der Waals surface area contributed by atoms with Crippen molar-refractivity contribution in [3.05, 3.63) is 83.9 Å². The van der Waals surface area contributed by atoms with E-state index in [2.05, 4.69) is 29.7 Å². The molecule has 3 aromatic rings. The van der Waals surface area contributed by atoms with Gasteiger partial charge in [-0.3, -0.25) is 4.79 Å². The third-order valence-electron chi connectivity index (χ3n) is 5.16. The second kappa shape index (κ2) is 8.63. The molecule has 0 radical (unpaired) electrons. The Morgan fingerprint density at radius 1 is 1.00 bits per heavy atom. The molecular formula is C24H23N3O2S. The van der Waals surface area contributed by atoms with Crippen LogP contribution in [0.25, 0.3) is 0 Å². The minimum atomic E-state index is -0.267. The van der Waals surface area contributed by atoms with E-state index >= 15 is 0 Å². The molecule has 1 atom stereocenters. The summed E-state index contributed by atoms with van der Waals surface area (Å²) in [7, 11) is 1.76. The normalized spacial score (nSPS) is 13.7. The molecule has 5 nitrogen and oxygen atoms in total. The summed E-state index contributed by atoms with van der Waals surface area (Å²) in [4.78, 5) is 28.8. The maximum Gasteiger partial charge on any atom is 0.319 e. The predicted molar refractivity (Wildman–Crippen MR) is 122 cm³/mol. The maximum absolute atomic E-state index is 12.9. The second-order valence-corrected chi connectivity index (χ2v) is 8.38. The van der Waals surface area contributed by atoms with Crippen LogP contribution >= 0.6 is 11.8 Å². The molecule has 2 N–H and O–H groups in total. The van der Waals surface area contributed by atoms with E-state index in [-0.39, 0.29) is 17.9 Å². The average molecular weight is 418 g/mol. The van der Waals surface area contributed by atoms with Gasteiger partial charge in [0.05, 0.1) is 11.3 Å². The SMILES string of the molecule is CC(CNC(=O)Nc1ccc2c(c1)N(C)C(=O)c1ccccc1S2)c1ccccc1. The summed E-state index contributed by atoms with van der Waals surface area (Å²) in [6.07, 6.45) is 0. The Balaban J connectivity index is 1.45. The van der Waals surface area contributed by atoms with Crippen LogP contribution in [0.15, 0.2) is 82.6 Å². The van der Waals surface area contributed by atoms with E-state index in [0.717, 1.165) is 15.5 Å². The molecule has 3 amide bonds. The number of nitrogens with zero attached hydrogens (tertiary/aromatic N) is 1. The zero-order valence-electron chi connectivity index (χ0n) is 16.9. The summed E-state index contributed by atoms with van der Waals surface area (Å²) in [5, 5.41) is 5.80. The zero-order chi connectivity index (χ0) is 21.1. The maximum atomic E-state index is 12.9. The molecule has 0 saturated carbocycles. The van der Waals surface area contributed by atoms with Crippen LogP contribution in [-0.2, 0) is 0 Å². The molecule has 3 aromatic carbocycles. The molecule has 1 heterocycles. The molecule has 0 fully saturated rings. The predicted octanol–water partition coefficient (Wildman–Crippen LogP) is 5.35. The summed E-state index contributed by atoms with van der Waals surface area (Å²) < 4.78 is 0. The average Bonchev–Trinajstić information content (AvgIpc) is 2.88. The third-order valence-corrected chi connectivity index (χ3v) is 6.30. The Bertz CT molecular complexity index is 1080. The minimum absolute atomic E-state index is 0.0601. The first-order valence-corrected chi connectivity index (χ1v) is 10.6. The lowest BCUT2D eigenvalue weighted by Crippen LogP contribution is -2.32. The lowest BCUT2D eigenvalue weighted by molar-refractivity contribution is 0.0990. The van der Waals surface area contributed by atoms with Gasteiger partial charge in [0.2, 0.25) is 0 Å². The summed E-state index contributed by atoms with van der Waals surface area (Å²) >= 11 is 1.56. The Morgan fingerprint density at radius 2 is 1.73 bits per heavy atom.